The molecular formula is C36H37N11O2. The number of aryl methyl sites for hydroxylation is 1. The number of pyridine rings is 2. The number of hydrogen-bond acceptors (Lipinski definition) is 10. The van der Waals surface area contributed by atoms with Gasteiger partial charge in [0.1, 0.15) is 18.5 Å². The second kappa shape index (κ2) is 14.0. The zero-order valence-electron chi connectivity index (χ0n) is 27.5. The minimum atomic E-state index is -0.184. The van der Waals surface area contributed by atoms with Gasteiger partial charge in [-0.15, -0.1) is 0 Å². The van der Waals surface area contributed by atoms with Crippen molar-refractivity contribution in [3.05, 3.63) is 90.6 Å². The van der Waals surface area contributed by atoms with Crippen LogP contribution < -0.4 is 25.2 Å². The van der Waals surface area contributed by atoms with Crippen LogP contribution in [0.4, 0.5) is 22.4 Å². The number of carbonyl (C=O) groups excluding carboxylic acids is 1. The summed E-state index contributed by atoms with van der Waals surface area (Å²) in [4.78, 5) is 36.1. The highest BCUT2D eigenvalue weighted by Crippen LogP contribution is 2.34. The van der Waals surface area contributed by atoms with Crippen molar-refractivity contribution >= 4 is 23.6 Å². The lowest BCUT2D eigenvalue weighted by atomic mass is 9.90. The van der Waals surface area contributed by atoms with Crippen molar-refractivity contribution in [2.75, 3.05) is 35.3 Å². The molecule has 5 aromatic rings. The molecule has 1 saturated carbocycles. The molecule has 0 atom stereocenters. The maximum Gasteiger partial charge on any atom is 0.323 e. The van der Waals surface area contributed by atoms with Crippen molar-refractivity contribution in [3.63, 3.8) is 0 Å². The van der Waals surface area contributed by atoms with Gasteiger partial charge in [0.25, 0.3) is 0 Å². The molecule has 5 heterocycles. The Bertz CT molecular complexity index is 1970. The van der Waals surface area contributed by atoms with Crippen LogP contribution in [0.2, 0.25) is 0 Å². The number of rotatable bonds is 8. The number of urea groups is 1. The van der Waals surface area contributed by atoms with E-state index >= 15 is 0 Å². The molecule has 1 aliphatic heterocycles. The van der Waals surface area contributed by atoms with E-state index in [1.165, 1.54) is 0 Å². The number of carbonyl (C=O) groups is 1. The zero-order chi connectivity index (χ0) is 33.7. The lowest BCUT2D eigenvalue weighted by Gasteiger charge is -2.36. The van der Waals surface area contributed by atoms with Crippen molar-refractivity contribution in [1.29, 1.82) is 5.26 Å². The van der Waals surface area contributed by atoms with E-state index < -0.39 is 0 Å². The normalized spacial score (nSPS) is 17.0. The first-order chi connectivity index (χ1) is 23.9. The Morgan fingerprint density at radius 2 is 1.80 bits per heavy atom. The highest BCUT2D eigenvalue weighted by molar-refractivity contribution is 5.91. The number of nitrogens with zero attached hydrogens (tertiary/aromatic N) is 9. The lowest BCUT2D eigenvalue weighted by Crippen LogP contribution is -2.49. The van der Waals surface area contributed by atoms with E-state index in [9.17, 15) is 10.1 Å². The molecule has 0 bridgehead atoms. The van der Waals surface area contributed by atoms with Crippen molar-refractivity contribution in [1.82, 2.24) is 35.0 Å². The average molecular weight is 656 g/mol. The zero-order valence-corrected chi connectivity index (χ0v) is 27.5. The molecule has 1 fully saturated rings. The summed E-state index contributed by atoms with van der Waals surface area (Å²) in [7, 11) is 3.85. The highest BCUT2D eigenvalue weighted by atomic mass is 16.5. The van der Waals surface area contributed by atoms with E-state index in [1.807, 2.05) is 73.7 Å². The summed E-state index contributed by atoms with van der Waals surface area (Å²) in [6, 6.07) is 17.7. The fraction of sp³-hybridized carbons (Fsp3) is 0.306. The van der Waals surface area contributed by atoms with Crippen molar-refractivity contribution in [2.45, 2.75) is 44.3 Å². The molecule has 0 radical (unpaired) electrons. The Labute approximate surface area is 284 Å². The van der Waals surface area contributed by atoms with Gasteiger partial charge in [0, 0.05) is 68.0 Å². The van der Waals surface area contributed by atoms with E-state index in [-0.39, 0.29) is 18.1 Å². The van der Waals surface area contributed by atoms with Crippen LogP contribution in [-0.4, -0.2) is 68.0 Å². The van der Waals surface area contributed by atoms with Crippen LogP contribution in [0.25, 0.3) is 22.4 Å². The quantitative estimate of drug-likeness (QED) is 0.229. The third kappa shape index (κ3) is 6.99. The second-order valence-corrected chi connectivity index (χ2v) is 12.4. The van der Waals surface area contributed by atoms with Crippen LogP contribution in [-0.2, 0) is 13.6 Å². The molecular weight excluding hydrogens is 618 g/mol. The number of ether oxygens (including phenoxy) is 1. The molecule has 2 N–H and O–H groups in total. The van der Waals surface area contributed by atoms with E-state index in [0.29, 0.717) is 47.5 Å². The fourth-order valence-electron chi connectivity index (χ4n) is 6.36. The first-order valence-corrected chi connectivity index (χ1v) is 16.4. The summed E-state index contributed by atoms with van der Waals surface area (Å²) in [6.45, 7) is 1.75. The Hall–Kier alpha value is -6.03. The van der Waals surface area contributed by atoms with Gasteiger partial charge in [-0.3, -0.25) is 9.58 Å². The lowest BCUT2D eigenvalue weighted by molar-refractivity contribution is 0.240. The molecule has 248 valence electrons. The molecule has 49 heavy (non-hydrogen) atoms. The van der Waals surface area contributed by atoms with Crippen LogP contribution in [0.1, 0.15) is 36.8 Å². The number of anilines is 3. The smallest absolute Gasteiger partial charge is 0.323 e. The van der Waals surface area contributed by atoms with Gasteiger partial charge in [0.2, 0.25) is 5.95 Å². The van der Waals surface area contributed by atoms with Crippen molar-refractivity contribution in [2.24, 2.45) is 7.05 Å². The van der Waals surface area contributed by atoms with Crippen LogP contribution in [0.5, 0.6) is 5.75 Å². The molecule has 2 amide bonds. The molecule has 1 aliphatic carbocycles. The average Bonchev–Trinajstić information content (AvgIpc) is 3.58. The van der Waals surface area contributed by atoms with Gasteiger partial charge in [-0.25, -0.2) is 24.7 Å². The van der Waals surface area contributed by atoms with Crippen molar-refractivity contribution in [3.8, 4) is 34.2 Å². The number of aromatic nitrogens is 6. The van der Waals surface area contributed by atoms with Crippen LogP contribution >= 0.6 is 0 Å². The number of benzene rings is 1. The molecule has 0 saturated heterocycles. The van der Waals surface area contributed by atoms with E-state index in [1.54, 1.807) is 34.4 Å². The van der Waals surface area contributed by atoms with E-state index in [0.717, 1.165) is 54.7 Å². The number of hydrogen-bond donors (Lipinski definition) is 2. The molecule has 1 aromatic carbocycles. The van der Waals surface area contributed by atoms with Gasteiger partial charge in [0.05, 0.1) is 30.2 Å². The number of nitriles is 1. The molecule has 2 aliphatic rings. The predicted molar refractivity (Wildman–Crippen MR) is 186 cm³/mol. The largest absolute Gasteiger partial charge is 0.488 e. The van der Waals surface area contributed by atoms with Crippen molar-refractivity contribution < 1.29 is 9.53 Å². The predicted octanol–water partition coefficient (Wildman–Crippen LogP) is 5.17. The van der Waals surface area contributed by atoms with Gasteiger partial charge in [0.15, 0.2) is 11.6 Å². The third-order valence-corrected chi connectivity index (χ3v) is 8.99. The Morgan fingerprint density at radius 3 is 2.53 bits per heavy atom. The molecule has 13 nitrogen and oxygen atoms in total. The maximum absolute atomic E-state index is 13.8. The van der Waals surface area contributed by atoms with E-state index in [4.69, 9.17) is 14.7 Å². The van der Waals surface area contributed by atoms with Gasteiger partial charge in [-0.1, -0.05) is 30.3 Å². The Morgan fingerprint density at radius 1 is 0.980 bits per heavy atom. The summed E-state index contributed by atoms with van der Waals surface area (Å²) in [5.41, 5.74) is 4.48. The minimum absolute atomic E-state index is 0.0530. The standard InChI is InChI=1S/C36H37N11O2/c1-45-14-15-49-31-16-26(20-39-34(31)45)33-27(17-37)21-40-35(44-33)43-29-9-11-30(12-10-29)47(36(48)41-18-24-6-4-3-5-7-24)32-13-8-25(19-38-32)28-22-42-46(2)23-28/h3-8,13,16,19-23,29-30H,9-12,14-15,18H2,1-2H3,(H,41,48)(H,40,43,44)/t29-,30-. The second-order valence-electron chi connectivity index (χ2n) is 12.4. The highest BCUT2D eigenvalue weighted by Gasteiger charge is 2.31. The van der Waals surface area contributed by atoms with Gasteiger partial charge >= 0.3 is 6.03 Å². The van der Waals surface area contributed by atoms with Gasteiger partial charge < -0.3 is 20.3 Å². The SMILES string of the molecule is CN1CCOc2cc(-c3nc(N[C@H]4CC[C@H](N(C(=O)NCc5ccccc5)c5ccc(-c6cnn(C)c6)cn5)CC4)ncc3C#N)cnc21. The first-order valence-electron chi connectivity index (χ1n) is 16.4. The summed E-state index contributed by atoms with van der Waals surface area (Å²) >= 11 is 0. The maximum atomic E-state index is 13.8. The van der Waals surface area contributed by atoms with Crippen LogP contribution in [0, 0.1) is 11.3 Å². The van der Waals surface area contributed by atoms with Crippen LogP contribution in [0.15, 0.2) is 79.5 Å². The fourth-order valence-corrected chi connectivity index (χ4v) is 6.36. The minimum Gasteiger partial charge on any atom is -0.488 e. The third-order valence-electron chi connectivity index (χ3n) is 8.99. The summed E-state index contributed by atoms with van der Waals surface area (Å²) in [5, 5.41) is 20.7. The monoisotopic (exact) mass is 655 g/mol. The van der Waals surface area contributed by atoms with Gasteiger partial charge in [-0.05, 0) is 49.4 Å². The molecule has 0 unspecified atom stereocenters. The molecule has 4 aromatic heterocycles. The Balaban J connectivity index is 1.06. The Kier molecular flexibility index (Phi) is 9.01. The molecule has 7 rings (SSSR count). The number of nitrogens with one attached hydrogen (secondary N) is 2. The summed E-state index contributed by atoms with van der Waals surface area (Å²) in [5.74, 6) is 2.47. The topological polar surface area (TPSA) is 150 Å². The first kappa shape index (κ1) is 31.6. The van der Waals surface area contributed by atoms with E-state index in [2.05, 4.69) is 31.8 Å². The summed E-state index contributed by atoms with van der Waals surface area (Å²) in [6.07, 6.45) is 11.9. The number of likely N-dealkylation sites (N-methyl/N-ethyl adjacent to an activating group) is 1. The van der Waals surface area contributed by atoms with Gasteiger partial charge in [-0.2, -0.15) is 10.4 Å². The number of fused-ring (bicyclic) bond motifs is 1. The molecule has 13 heteroatoms. The number of amides is 2. The molecule has 0 spiro atoms. The van der Waals surface area contributed by atoms with Crippen LogP contribution in [0.3, 0.4) is 0 Å². The summed E-state index contributed by atoms with van der Waals surface area (Å²) < 4.78 is 7.59.